The first-order valence-corrected chi connectivity index (χ1v) is 6.24. The smallest absolute Gasteiger partial charge is 0.244 e. The monoisotopic (exact) mass is 254 g/mol. The predicted molar refractivity (Wildman–Crippen MR) is 68.7 cm³/mol. The zero-order valence-corrected chi connectivity index (χ0v) is 11.0. The summed E-state index contributed by atoms with van der Waals surface area (Å²) in [6.45, 7) is 2.97. The molecule has 0 aliphatic carbocycles. The highest BCUT2D eigenvalue weighted by molar-refractivity contribution is 5.82. The minimum Gasteiger partial charge on any atom is -0.395 e. The normalized spacial score (nSPS) is 12.4. The lowest BCUT2D eigenvalue weighted by Crippen LogP contribution is -2.40. The summed E-state index contributed by atoms with van der Waals surface area (Å²) in [5.74, 6) is -0.162. The van der Waals surface area contributed by atoms with Crippen LogP contribution in [-0.4, -0.2) is 45.4 Å². The second kappa shape index (κ2) is 7.13. The number of amides is 1. The van der Waals surface area contributed by atoms with E-state index in [-0.39, 0.29) is 12.5 Å². The molecule has 6 heteroatoms. The van der Waals surface area contributed by atoms with Crippen LogP contribution in [0.1, 0.15) is 31.4 Å². The first kappa shape index (κ1) is 14.7. The second-order valence-electron chi connectivity index (χ2n) is 4.33. The third kappa shape index (κ3) is 3.82. The molecule has 1 atom stereocenters. The number of carbonyl (C=O) groups is 1. The molecule has 0 aliphatic rings. The van der Waals surface area contributed by atoms with Crippen molar-refractivity contribution in [3.63, 3.8) is 0 Å². The molecule has 1 heterocycles. The Morgan fingerprint density at radius 1 is 1.61 bits per heavy atom. The highest BCUT2D eigenvalue weighted by atomic mass is 16.3. The fourth-order valence-corrected chi connectivity index (χ4v) is 1.74. The number of aromatic nitrogens is 2. The number of aliphatic hydroxyl groups excluding tert-OH is 1. The Morgan fingerprint density at radius 3 is 2.83 bits per heavy atom. The fraction of sp³-hybridized carbons (Fsp3) is 0.667. The van der Waals surface area contributed by atoms with E-state index in [0.29, 0.717) is 18.7 Å². The molecule has 0 fully saturated rings. The van der Waals surface area contributed by atoms with Crippen molar-refractivity contribution in [1.82, 2.24) is 14.7 Å². The minimum absolute atomic E-state index is 0.0464. The average molecular weight is 254 g/mol. The van der Waals surface area contributed by atoms with Crippen molar-refractivity contribution in [2.75, 3.05) is 19.7 Å². The second-order valence-corrected chi connectivity index (χ2v) is 4.33. The van der Waals surface area contributed by atoms with Gasteiger partial charge in [0, 0.05) is 31.9 Å². The maximum absolute atomic E-state index is 12.2. The summed E-state index contributed by atoms with van der Waals surface area (Å²) in [7, 11) is 1.78. The van der Waals surface area contributed by atoms with Crippen LogP contribution >= 0.6 is 0 Å². The van der Waals surface area contributed by atoms with Gasteiger partial charge in [-0.05, 0) is 6.42 Å². The van der Waals surface area contributed by atoms with Crippen LogP contribution in [0.25, 0.3) is 0 Å². The fourth-order valence-electron chi connectivity index (χ4n) is 1.74. The lowest BCUT2D eigenvalue weighted by atomic mass is 10.1. The molecule has 1 amide bonds. The van der Waals surface area contributed by atoms with E-state index in [1.165, 1.54) is 0 Å². The Kier molecular flexibility index (Phi) is 5.80. The van der Waals surface area contributed by atoms with Gasteiger partial charge in [0.05, 0.1) is 12.8 Å². The van der Waals surface area contributed by atoms with Crippen LogP contribution in [0.4, 0.5) is 0 Å². The van der Waals surface area contributed by atoms with E-state index in [1.807, 2.05) is 0 Å². The number of carbonyl (C=O) groups excluding carboxylic acids is 1. The summed E-state index contributed by atoms with van der Waals surface area (Å²) in [5.41, 5.74) is 6.62. The summed E-state index contributed by atoms with van der Waals surface area (Å²) >= 11 is 0. The van der Waals surface area contributed by atoms with Crippen LogP contribution in [-0.2, 0) is 11.8 Å². The number of hydrogen-bond donors (Lipinski definition) is 2. The van der Waals surface area contributed by atoms with Gasteiger partial charge in [0.15, 0.2) is 0 Å². The summed E-state index contributed by atoms with van der Waals surface area (Å²) in [5, 5.41) is 13.0. The Hall–Kier alpha value is -1.40. The molecule has 1 aromatic heterocycles. The largest absolute Gasteiger partial charge is 0.395 e. The molecule has 0 aromatic carbocycles. The first-order valence-electron chi connectivity index (χ1n) is 6.24. The van der Waals surface area contributed by atoms with Crippen molar-refractivity contribution in [1.29, 1.82) is 0 Å². The molecule has 6 nitrogen and oxygen atoms in total. The number of rotatable bonds is 7. The van der Waals surface area contributed by atoms with Gasteiger partial charge in [-0.15, -0.1) is 0 Å². The van der Waals surface area contributed by atoms with Gasteiger partial charge in [-0.3, -0.25) is 9.48 Å². The molecule has 0 spiro atoms. The van der Waals surface area contributed by atoms with E-state index in [9.17, 15) is 4.79 Å². The van der Waals surface area contributed by atoms with Crippen molar-refractivity contribution in [2.45, 2.75) is 25.8 Å². The molecule has 0 saturated carbocycles. The third-order valence-corrected chi connectivity index (χ3v) is 2.81. The quantitative estimate of drug-likeness (QED) is 0.719. The predicted octanol–water partition coefficient (Wildman–Crippen LogP) is 0.0409. The molecule has 0 aliphatic heterocycles. The summed E-state index contributed by atoms with van der Waals surface area (Å²) < 4.78 is 1.62. The summed E-state index contributed by atoms with van der Waals surface area (Å²) in [6, 6.07) is -0.706. The Bertz CT molecular complexity index is 378. The molecule has 0 bridgehead atoms. The van der Waals surface area contributed by atoms with E-state index in [1.54, 1.807) is 29.0 Å². The molecular weight excluding hydrogens is 232 g/mol. The summed E-state index contributed by atoms with van der Waals surface area (Å²) in [4.78, 5) is 13.8. The van der Waals surface area contributed by atoms with Gasteiger partial charge in [-0.25, -0.2) is 0 Å². The maximum atomic E-state index is 12.2. The van der Waals surface area contributed by atoms with Crippen LogP contribution in [0.5, 0.6) is 0 Å². The zero-order chi connectivity index (χ0) is 13.5. The van der Waals surface area contributed by atoms with E-state index in [2.05, 4.69) is 12.0 Å². The van der Waals surface area contributed by atoms with Crippen molar-refractivity contribution >= 4 is 5.91 Å². The van der Waals surface area contributed by atoms with Crippen LogP contribution in [0.3, 0.4) is 0 Å². The van der Waals surface area contributed by atoms with Crippen molar-refractivity contribution in [3.8, 4) is 0 Å². The van der Waals surface area contributed by atoms with Crippen LogP contribution in [0, 0.1) is 0 Å². The molecule has 3 N–H and O–H groups in total. The first-order chi connectivity index (χ1) is 8.60. The Balaban J connectivity index is 2.69. The molecule has 1 unspecified atom stereocenters. The van der Waals surface area contributed by atoms with Gasteiger partial charge in [0.2, 0.25) is 5.91 Å². The van der Waals surface area contributed by atoms with Crippen LogP contribution in [0.15, 0.2) is 12.4 Å². The molecule has 1 aromatic rings. The number of aryl methyl sites for hydroxylation is 1. The molecular formula is C12H22N4O2. The van der Waals surface area contributed by atoms with Gasteiger partial charge >= 0.3 is 0 Å². The molecule has 0 saturated heterocycles. The number of hydrogen-bond acceptors (Lipinski definition) is 4. The van der Waals surface area contributed by atoms with Crippen LogP contribution < -0.4 is 5.73 Å². The Labute approximate surface area is 107 Å². The molecule has 102 valence electrons. The van der Waals surface area contributed by atoms with E-state index in [4.69, 9.17) is 10.8 Å². The maximum Gasteiger partial charge on any atom is 0.244 e. The van der Waals surface area contributed by atoms with Crippen molar-refractivity contribution in [3.05, 3.63) is 18.0 Å². The molecule has 18 heavy (non-hydrogen) atoms. The van der Waals surface area contributed by atoms with E-state index >= 15 is 0 Å². The Morgan fingerprint density at radius 2 is 2.33 bits per heavy atom. The van der Waals surface area contributed by atoms with E-state index in [0.717, 1.165) is 12.8 Å². The molecule has 1 rings (SSSR count). The van der Waals surface area contributed by atoms with Gasteiger partial charge < -0.3 is 15.7 Å². The number of unbranched alkanes of at least 4 members (excludes halogenated alkanes) is 1. The number of aliphatic hydroxyl groups is 1. The van der Waals surface area contributed by atoms with Gasteiger partial charge in [-0.2, -0.15) is 5.10 Å². The topological polar surface area (TPSA) is 84.4 Å². The lowest BCUT2D eigenvalue weighted by Gasteiger charge is -2.24. The standard InChI is InChI=1S/C12H22N4O2/c1-3-4-5-16(6-7-17)12(18)11(13)10-8-14-15(2)9-10/h8-9,11,17H,3-7,13H2,1-2H3. The number of nitrogens with two attached hydrogens (primary N) is 1. The highest BCUT2D eigenvalue weighted by Crippen LogP contribution is 2.12. The van der Waals surface area contributed by atoms with Crippen molar-refractivity contribution < 1.29 is 9.90 Å². The zero-order valence-electron chi connectivity index (χ0n) is 11.0. The van der Waals surface area contributed by atoms with E-state index < -0.39 is 6.04 Å². The summed E-state index contributed by atoms with van der Waals surface area (Å²) in [6.07, 6.45) is 5.24. The minimum atomic E-state index is -0.706. The van der Waals surface area contributed by atoms with Crippen LogP contribution in [0.2, 0.25) is 0 Å². The molecule has 0 radical (unpaired) electrons. The van der Waals surface area contributed by atoms with Gasteiger partial charge in [0.1, 0.15) is 6.04 Å². The SMILES string of the molecule is CCCCN(CCO)C(=O)C(N)c1cnn(C)c1. The highest BCUT2D eigenvalue weighted by Gasteiger charge is 2.22. The lowest BCUT2D eigenvalue weighted by molar-refractivity contribution is -0.133. The third-order valence-electron chi connectivity index (χ3n) is 2.81. The van der Waals surface area contributed by atoms with Crippen molar-refractivity contribution in [2.24, 2.45) is 12.8 Å². The number of nitrogens with zero attached hydrogens (tertiary/aromatic N) is 3. The van der Waals surface area contributed by atoms with Gasteiger partial charge in [0.25, 0.3) is 0 Å². The van der Waals surface area contributed by atoms with Gasteiger partial charge in [-0.1, -0.05) is 13.3 Å². The average Bonchev–Trinajstić information content (AvgIpc) is 2.79.